The third-order valence-electron chi connectivity index (χ3n) is 7.73. The SMILES string of the molecule is CC(C)(C)C(=O)N[C@H]1C[C@@H](N2C(=O)C(C)(C)c3ccc(B4OC(C)(C)C(C)(C)O4)cc32)C1. The van der Waals surface area contributed by atoms with Crippen molar-refractivity contribution in [2.45, 2.75) is 104 Å². The molecule has 1 aromatic rings. The summed E-state index contributed by atoms with van der Waals surface area (Å²) < 4.78 is 12.5. The van der Waals surface area contributed by atoms with Crippen LogP contribution in [0.5, 0.6) is 0 Å². The van der Waals surface area contributed by atoms with E-state index in [-0.39, 0.29) is 23.9 Å². The van der Waals surface area contributed by atoms with E-state index in [1.54, 1.807) is 0 Å². The third-order valence-corrected chi connectivity index (χ3v) is 7.73. The molecule has 7 heteroatoms. The van der Waals surface area contributed by atoms with Crippen molar-refractivity contribution in [2.75, 3.05) is 4.90 Å². The molecule has 2 amide bonds. The first-order valence-electron chi connectivity index (χ1n) is 11.7. The van der Waals surface area contributed by atoms with Crippen molar-refractivity contribution in [3.8, 4) is 0 Å². The number of nitrogens with zero attached hydrogens (tertiary/aromatic N) is 1. The molecule has 4 rings (SSSR count). The predicted molar refractivity (Wildman–Crippen MR) is 127 cm³/mol. The number of rotatable bonds is 3. The molecule has 1 saturated carbocycles. The minimum Gasteiger partial charge on any atom is -0.399 e. The highest BCUT2D eigenvalue weighted by molar-refractivity contribution is 6.62. The van der Waals surface area contributed by atoms with Crippen molar-refractivity contribution in [1.82, 2.24) is 5.32 Å². The van der Waals surface area contributed by atoms with E-state index in [1.807, 2.05) is 79.3 Å². The van der Waals surface area contributed by atoms with Crippen LogP contribution in [0.4, 0.5) is 5.69 Å². The maximum Gasteiger partial charge on any atom is 0.494 e. The van der Waals surface area contributed by atoms with Gasteiger partial charge in [-0.2, -0.15) is 0 Å². The number of fused-ring (bicyclic) bond motifs is 1. The molecule has 1 aromatic carbocycles. The van der Waals surface area contributed by atoms with Gasteiger partial charge in [0.1, 0.15) is 0 Å². The lowest BCUT2D eigenvalue weighted by Crippen LogP contribution is -2.57. The number of benzene rings is 1. The van der Waals surface area contributed by atoms with Crippen LogP contribution in [0.2, 0.25) is 0 Å². The maximum absolute atomic E-state index is 13.4. The van der Waals surface area contributed by atoms with E-state index in [9.17, 15) is 9.59 Å². The van der Waals surface area contributed by atoms with E-state index in [0.717, 1.165) is 29.6 Å². The van der Waals surface area contributed by atoms with E-state index < -0.39 is 29.2 Å². The maximum atomic E-state index is 13.4. The predicted octanol–water partition coefficient (Wildman–Crippen LogP) is 3.30. The van der Waals surface area contributed by atoms with Gasteiger partial charge in [-0.05, 0) is 71.5 Å². The van der Waals surface area contributed by atoms with Gasteiger partial charge in [-0.3, -0.25) is 9.59 Å². The summed E-state index contributed by atoms with van der Waals surface area (Å²) in [5.41, 5.74) is 1.07. The molecule has 0 spiro atoms. The van der Waals surface area contributed by atoms with Crippen molar-refractivity contribution in [1.29, 1.82) is 0 Å². The zero-order valence-corrected chi connectivity index (χ0v) is 21.0. The van der Waals surface area contributed by atoms with Crippen LogP contribution in [0.1, 0.15) is 80.7 Å². The fourth-order valence-corrected chi connectivity index (χ4v) is 4.61. The van der Waals surface area contributed by atoms with Gasteiger partial charge in [0.05, 0.1) is 16.6 Å². The molecule has 1 saturated heterocycles. The monoisotopic (exact) mass is 440 g/mol. The van der Waals surface area contributed by atoms with Gasteiger partial charge in [0.25, 0.3) is 0 Å². The van der Waals surface area contributed by atoms with Crippen molar-refractivity contribution in [3.05, 3.63) is 23.8 Å². The molecule has 0 radical (unpaired) electrons. The number of nitrogens with one attached hydrogen (secondary N) is 1. The quantitative estimate of drug-likeness (QED) is 0.733. The van der Waals surface area contributed by atoms with E-state index in [4.69, 9.17) is 9.31 Å². The largest absolute Gasteiger partial charge is 0.494 e. The van der Waals surface area contributed by atoms with Gasteiger partial charge < -0.3 is 19.5 Å². The Morgan fingerprint density at radius 2 is 1.62 bits per heavy atom. The summed E-state index contributed by atoms with van der Waals surface area (Å²) in [6.07, 6.45) is 1.54. The fourth-order valence-electron chi connectivity index (χ4n) is 4.61. The lowest BCUT2D eigenvalue weighted by molar-refractivity contribution is -0.129. The third kappa shape index (κ3) is 3.58. The minimum absolute atomic E-state index is 0.0532. The van der Waals surface area contributed by atoms with Crippen LogP contribution in [0.3, 0.4) is 0 Å². The number of hydrogen-bond acceptors (Lipinski definition) is 4. The van der Waals surface area contributed by atoms with Gasteiger partial charge in [0, 0.05) is 23.2 Å². The number of carbonyl (C=O) groups is 2. The second-order valence-electron chi connectivity index (χ2n) is 12.2. The molecule has 1 N–H and O–H groups in total. The van der Waals surface area contributed by atoms with Gasteiger partial charge >= 0.3 is 7.12 Å². The molecule has 2 aliphatic heterocycles. The summed E-state index contributed by atoms with van der Waals surface area (Å²) in [5, 5.41) is 3.13. The first-order chi connectivity index (χ1) is 14.5. The number of carbonyl (C=O) groups excluding carboxylic acids is 2. The molecule has 32 heavy (non-hydrogen) atoms. The Hall–Kier alpha value is -1.86. The molecule has 174 valence electrons. The second kappa shape index (κ2) is 7.07. The Balaban J connectivity index is 1.57. The molecule has 6 nitrogen and oxygen atoms in total. The fraction of sp³-hybridized carbons (Fsp3) is 0.680. The number of amides is 2. The summed E-state index contributed by atoms with van der Waals surface area (Å²) in [4.78, 5) is 27.7. The average molecular weight is 440 g/mol. The zero-order valence-electron chi connectivity index (χ0n) is 21.0. The first-order valence-corrected chi connectivity index (χ1v) is 11.7. The van der Waals surface area contributed by atoms with E-state index in [0.29, 0.717) is 0 Å². The summed E-state index contributed by atoms with van der Waals surface area (Å²) in [6.45, 7) is 17.9. The molecular weight excluding hydrogens is 403 g/mol. The molecule has 1 aliphatic carbocycles. The Labute approximate surface area is 192 Å². The molecule has 2 heterocycles. The molecule has 0 aromatic heterocycles. The van der Waals surface area contributed by atoms with Gasteiger partial charge in [-0.15, -0.1) is 0 Å². The molecular formula is C25H37BN2O4. The highest BCUT2D eigenvalue weighted by Crippen LogP contribution is 2.46. The van der Waals surface area contributed by atoms with Crippen LogP contribution < -0.4 is 15.7 Å². The van der Waals surface area contributed by atoms with Crippen molar-refractivity contribution >= 4 is 30.1 Å². The zero-order chi connectivity index (χ0) is 23.9. The number of hydrogen-bond donors (Lipinski definition) is 1. The first kappa shape index (κ1) is 23.3. The Bertz CT molecular complexity index is 941. The van der Waals surface area contributed by atoms with Crippen LogP contribution in [0.25, 0.3) is 0 Å². The van der Waals surface area contributed by atoms with Gasteiger partial charge in [0.15, 0.2) is 0 Å². The molecule has 3 aliphatic rings. The molecule has 2 fully saturated rings. The van der Waals surface area contributed by atoms with Crippen molar-refractivity contribution in [2.24, 2.45) is 5.41 Å². The lowest BCUT2D eigenvalue weighted by Gasteiger charge is -2.43. The summed E-state index contributed by atoms with van der Waals surface area (Å²) in [5.74, 6) is 0.168. The number of anilines is 1. The Morgan fingerprint density at radius 1 is 1.06 bits per heavy atom. The molecule has 0 bridgehead atoms. The smallest absolute Gasteiger partial charge is 0.399 e. The minimum atomic E-state index is -0.580. The Kier molecular flexibility index (Phi) is 5.15. The second-order valence-corrected chi connectivity index (χ2v) is 12.2. The van der Waals surface area contributed by atoms with Gasteiger partial charge in [-0.1, -0.05) is 32.9 Å². The average Bonchev–Trinajstić information content (AvgIpc) is 2.96. The summed E-state index contributed by atoms with van der Waals surface area (Å²) in [7, 11) is -0.467. The van der Waals surface area contributed by atoms with E-state index in [2.05, 4.69) is 11.4 Å². The molecule has 0 unspecified atom stereocenters. The summed E-state index contributed by atoms with van der Waals surface area (Å²) >= 11 is 0. The van der Waals surface area contributed by atoms with Crippen LogP contribution in [-0.4, -0.2) is 42.2 Å². The van der Waals surface area contributed by atoms with Crippen molar-refractivity contribution < 1.29 is 18.9 Å². The van der Waals surface area contributed by atoms with Crippen molar-refractivity contribution in [3.63, 3.8) is 0 Å². The molecule has 0 atom stereocenters. The van der Waals surface area contributed by atoms with E-state index >= 15 is 0 Å². The van der Waals surface area contributed by atoms with Crippen LogP contribution in [-0.2, 0) is 24.3 Å². The normalized spacial score (nSPS) is 27.8. The highest BCUT2D eigenvalue weighted by atomic mass is 16.7. The Morgan fingerprint density at radius 3 is 2.16 bits per heavy atom. The standard InChI is InChI=1S/C25H37BN2O4/c1-22(2,3)20(29)27-16-13-17(14-16)28-19-12-15(10-11-18(19)23(4,5)21(28)30)26-31-24(6,7)25(8,9)32-26/h10-12,16-17H,13-14H2,1-9H3,(H,27,29)/t16-,17+. The van der Waals surface area contributed by atoms with Gasteiger partial charge in [0.2, 0.25) is 11.8 Å². The van der Waals surface area contributed by atoms with Crippen LogP contribution in [0, 0.1) is 5.41 Å². The highest BCUT2D eigenvalue weighted by Gasteiger charge is 2.53. The topological polar surface area (TPSA) is 67.9 Å². The van der Waals surface area contributed by atoms with Gasteiger partial charge in [-0.25, -0.2) is 0 Å². The summed E-state index contributed by atoms with van der Waals surface area (Å²) in [6, 6.07) is 6.32. The van der Waals surface area contributed by atoms with E-state index in [1.165, 1.54) is 0 Å². The van der Waals surface area contributed by atoms with Crippen LogP contribution in [0.15, 0.2) is 18.2 Å². The van der Waals surface area contributed by atoms with Crippen LogP contribution >= 0.6 is 0 Å². The lowest BCUT2D eigenvalue weighted by atomic mass is 9.76.